The highest BCUT2D eigenvalue weighted by Crippen LogP contribution is 2.41. The lowest BCUT2D eigenvalue weighted by Crippen LogP contribution is -2.09. The first-order valence-corrected chi connectivity index (χ1v) is 30.4. The van der Waals surface area contributed by atoms with E-state index in [9.17, 15) is 4.79 Å². The van der Waals surface area contributed by atoms with Crippen molar-refractivity contribution in [3.8, 4) is 34.5 Å². The van der Waals surface area contributed by atoms with Crippen molar-refractivity contribution in [2.24, 2.45) is 0 Å². The first-order chi connectivity index (χ1) is 37.0. The van der Waals surface area contributed by atoms with Crippen LogP contribution in [-0.2, 0) is 24.6 Å². The third-order valence-electron chi connectivity index (χ3n) is 13.9. The van der Waals surface area contributed by atoms with Gasteiger partial charge in [-0.05, 0) is 90.9 Å². The fourth-order valence-corrected chi connectivity index (χ4v) is 9.19. The zero-order chi connectivity index (χ0) is 53.1. The van der Waals surface area contributed by atoms with E-state index >= 15 is 0 Å². The van der Waals surface area contributed by atoms with Gasteiger partial charge in [-0.3, -0.25) is 0 Å². The number of carbonyl (C=O) groups is 1. The number of ether oxygens (including phenoxy) is 7. The molecule has 0 heterocycles. The van der Waals surface area contributed by atoms with E-state index in [0.717, 1.165) is 53.2 Å². The summed E-state index contributed by atoms with van der Waals surface area (Å²) in [4.78, 5) is 13.5. The maximum absolute atomic E-state index is 13.5. The summed E-state index contributed by atoms with van der Waals surface area (Å²) in [6.07, 6.45) is 39.6. The number of hydrogen-bond donors (Lipinski definition) is 0. The van der Waals surface area contributed by atoms with E-state index in [-0.39, 0.29) is 19.8 Å². The molecule has 0 atom stereocenters. The first-order valence-electron chi connectivity index (χ1n) is 30.4. The van der Waals surface area contributed by atoms with Crippen LogP contribution in [0.1, 0.15) is 254 Å². The molecule has 0 saturated heterocycles. The van der Waals surface area contributed by atoms with Crippen LogP contribution < -0.4 is 28.4 Å². The second kappa shape index (κ2) is 42.3. The molecule has 0 aromatic heterocycles. The van der Waals surface area contributed by atoms with Crippen molar-refractivity contribution in [3.05, 3.63) is 107 Å². The molecule has 0 amide bonds. The predicted octanol–water partition coefficient (Wildman–Crippen LogP) is 19.9. The van der Waals surface area contributed by atoms with Gasteiger partial charge in [0.25, 0.3) is 0 Å². The summed E-state index contributed by atoms with van der Waals surface area (Å²) in [6, 6.07) is 27.6. The largest absolute Gasteiger partial charge is 0.494 e. The summed E-state index contributed by atoms with van der Waals surface area (Å²) in [5, 5.41) is 0. The van der Waals surface area contributed by atoms with Gasteiger partial charge in [-0.2, -0.15) is 0 Å². The second-order valence-electron chi connectivity index (χ2n) is 20.8. The van der Waals surface area contributed by atoms with E-state index in [2.05, 4.69) is 20.8 Å². The molecule has 4 aromatic carbocycles. The van der Waals surface area contributed by atoms with Crippen LogP contribution in [-0.4, -0.2) is 32.4 Å². The topological polar surface area (TPSA) is 81.7 Å². The number of rotatable bonds is 48. The Morgan fingerprint density at radius 3 is 0.880 bits per heavy atom. The van der Waals surface area contributed by atoms with Crippen LogP contribution in [0.3, 0.4) is 0 Å². The zero-order valence-electron chi connectivity index (χ0n) is 47.7. The summed E-state index contributed by atoms with van der Waals surface area (Å²) >= 11 is 0. The molecule has 0 bridgehead atoms. The summed E-state index contributed by atoms with van der Waals surface area (Å²) in [6.45, 7) is 12.0. The molecule has 0 radical (unpaired) electrons. The fourth-order valence-electron chi connectivity index (χ4n) is 9.19. The van der Waals surface area contributed by atoms with E-state index < -0.39 is 5.97 Å². The van der Waals surface area contributed by atoms with Crippen molar-refractivity contribution in [2.45, 2.75) is 247 Å². The number of unbranched alkanes of at least 4 members (excludes halogenated alkanes) is 27. The summed E-state index contributed by atoms with van der Waals surface area (Å²) < 4.78 is 43.7. The van der Waals surface area contributed by atoms with Crippen LogP contribution in [0.4, 0.5) is 0 Å². The second-order valence-corrected chi connectivity index (χ2v) is 20.8. The third kappa shape index (κ3) is 29.3. The summed E-state index contributed by atoms with van der Waals surface area (Å²) in [7, 11) is 0. The molecule has 0 aliphatic carbocycles. The SMILES string of the molecule is CCCCCCCCCCCCOc1ccc(COc2cc(C(=O)OCCC)cc(OCc3ccc(OCCCCCCCCCCCC)cc3)c2OCc2ccc(OCCCCCCCCCCCC)cc2)cc1. The lowest BCUT2D eigenvalue weighted by Gasteiger charge is -2.19. The molecule has 0 fully saturated rings. The van der Waals surface area contributed by atoms with E-state index in [1.165, 1.54) is 173 Å². The molecule has 418 valence electrons. The van der Waals surface area contributed by atoms with Crippen molar-refractivity contribution in [3.63, 3.8) is 0 Å². The van der Waals surface area contributed by atoms with Crippen molar-refractivity contribution in [1.82, 2.24) is 0 Å². The monoisotopic (exact) mass is 1030 g/mol. The molecule has 4 rings (SSSR count). The van der Waals surface area contributed by atoms with Gasteiger partial charge in [0.2, 0.25) is 5.75 Å². The van der Waals surface area contributed by atoms with Gasteiger partial charge in [0.1, 0.15) is 37.1 Å². The Balaban J connectivity index is 1.38. The Labute approximate surface area is 456 Å². The smallest absolute Gasteiger partial charge is 0.338 e. The number of carbonyl (C=O) groups excluding carboxylic acids is 1. The summed E-state index contributed by atoms with van der Waals surface area (Å²) in [5.41, 5.74) is 3.21. The van der Waals surface area contributed by atoms with Crippen LogP contribution in [0.5, 0.6) is 34.5 Å². The van der Waals surface area contributed by atoms with E-state index in [4.69, 9.17) is 33.2 Å². The van der Waals surface area contributed by atoms with Gasteiger partial charge in [0, 0.05) is 0 Å². The highest BCUT2D eigenvalue weighted by molar-refractivity contribution is 5.91. The minimum absolute atomic E-state index is 0.244. The van der Waals surface area contributed by atoms with Crippen LogP contribution in [0.25, 0.3) is 0 Å². The minimum Gasteiger partial charge on any atom is -0.494 e. The van der Waals surface area contributed by atoms with E-state index in [1.54, 1.807) is 12.1 Å². The van der Waals surface area contributed by atoms with Gasteiger partial charge >= 0.3 is 5.97 Å². The lowest BCUT2D eigenvalue weighted by molar-refractivity contribution is 0.0503. The maximum atomic E-state index is 13.5. The van der Waals surface area contributed by atoms with Gasteiger partial charge in [0.15, 0.2) is 11.5 Å². The summed E-state index contributed by atoms with van der Waals surface area (Å²) in [5.74, 6) is 3.30. The third-order valence-corrected chi connectivity index (χ3v) is 13.9. The van der Waals surface area contributed by atoms with Gasteiger partial charge in [-0.1, -0.05) is 237 Å². The molecule has 0 aliphatic rings. The molecule has 8 heteroatoms. The van der Waals surface area contributed by atoms with Gasteiger partial charge in [-0.25, -0.2) is 4.79 Å². The highest BCUT2D eigenvalue weighted by atomic mass is 16.5. The Kier molecular flexibility index (Phi) is 35.3. The zero-order valence-corrected chi connectivity index (χ0v) is 47.7. The van der Waals surface area contributed by atoms with Crippen LogP contribution in [0.2, 0.25) is 0 Å². The van der Waals surface area contributed by atoms with Crippen LogP contribution in [0.15, 0.2) is 84.9 Å². The Bertz CT molecular complexity index is 1880. The molecule has 8 nitrogen and oxygen atoms in total. The first kappa shape index (κ1) is 62.7. The van der Waals surface area contributed by atoms with Crippen LogP contribution in [0, 0.1) is 0 Å². The normalized spacial score (nSPS) is 11.1. The van der Waals surface area contributed by atoms with Gasteiger partial charge in [-0.15, -0.1) is 0 Å². The molecule has 75 heavy (non-hydrogen) atoms. The highest BCUT2D eigenvalue weighted by Gasteiger charge is 2.21. The number of benzene rings is 4. The average Bonchev–Trinajstić information content (AvgIpc) is 3.44. The van der Waals surface area contributed by atoms with Gasteiger partial charge < -0.3 is 33.2 Å². The maximum Gasteiger partial charge on any atom is 0.338 e. The van der Waals surface area contributed by atoms with Gasteiger partial charge in [0.05, 0.1) is 32.0 Å². The number of hydrogen-bond acceptors (Lipinski definition) is 8. The number of esters is 1. The minimum atomic E-state index is -0.445. The standard InChI is InChI=1S/C67H102O8/c1-5-9-12-15-18-21-24-27-30-33-49-69-61-42-36-57(37-43-61)54-73-64-52-60(67(68)72-48-8-4)53-65(74-55-58-38-44-62(45-39-58)70-50-34-31-28-25-22-19-16-13-10-6-2)66(64)75-56-59-40-46-63(47-41-59)71-51-35-32-29-26-23-20-17-14-11-7-3/h36-47,52-53H,5-35,48-51,54-56H2,1-4H3. The molecular weight excluding hydrogens is 933 g/mol. The van der Waals surface area contributed by atoms with Crippen molar-refractivity contribution >= 4 is 5.97 Å². The molecular formula is C67H102O8. The molecule has 0 unspecified atom stereocenters. The Morgan fingerprint density at radius 1 is 0.307 bits per heavy atom. The quantitative estimate of drug-likeness (QED) is 0.0320. The Morgan fingerprint density at radius 2 is 0.587 bits per heavy atom. The van der Waals surface area contributed by atoms with Crippen molar-refractivity contribution in [2.75, 3.05) is 26.4 Å². The molecule has 4 aromatic rings. The Hall–Kier alpha value is -4.85. The predicted molar refractivity (Wildman–Crippen MR) is 311 cm³/mol. The molecule has 0 N–H and O–H groups in total. The molecule has 0 saturated carbocycles. The molecule has 0 aliphatic heterocycles. The van der Waals surface area contributed by atoms with Crippen LogP contribution >= 0.6 is 0 Å². The fraction of sp³-hybridized carbons (Fsp3) is 0.627. The van der Waals surface area contributed by atoms with Crippen molar-refractivity contribution < 1.29 is 38.0 Å². The van der Waals surface area contributed by atoms with E-state index in [0.29, 0.717) is 55.7 Å². The molecule has 0 spiro atoms. The van der Waals surface area contributed by atoms with E-state index in [1.807, 2.05) is 79.7 Å². The average molecular weight is 1040 g/mol. The van der Waals surface area contributed by atoms with Crippen molar-refractivity contribution in [1.29, 1.82) is 0 Å². The lowest BCUT2D eigenvalue weighted by atomic mass is 10.1.